The van der Waals surface area contributed by atoms with Crippen molar-refractivity contribution in [2.24, 2.45) is 0 Å². The number of hydrogen-bond donors (Lipinski definition) is 0. The summed E-state index contributed by atoms with van der Waals surface area (Å²) < 4.78 is 47.3. The summed E-state index contributed by atoms with van der Waals surface area (Å²) in [6.45, 7) is 6.77. The molecule has 1 saturated heterocycles. The van der Waals surface area contributed by atoms with E-state index in [1.165, 1.54) is 0 Å². The second-order valence-electron chi connectivity index (χ2n) is 10.2. The molecule has 0 aliphatic carbocycles. The Morgan fingerprint density at radius 2 is 1.92 bits per heavy atom. The summed E-state index contributed by atoms with van der Waals surface area (Å²) in [6, 6.07) is 15.7. The molecule has 7 nitrogen and oxygen atoms in total. The minimum atomic E-state index is -3.72. The molecule has 4 rings (SSSR count). The Morgan fingerprint density at radius 3 is 2.68 bits per heavy atom. The number of anilines is 1. The van der Waals surface area contributed by atoms with Crippen LogP contribution in [0.5, 0.6) is 5.75 Å². The van der Waals surface area contributed by atoms with Crippen LogP contribution < -0.4 is 9.64 Å². The Morgan fingerprint density at radius 1 is 1.11 bits per heavy atom. The topological polar surface area (TPSA) is 68.3 Å². The van der Waals surface area contributed by atoms with Crippen molar-refractivity contribution < 1.29 is 22.6 Å². The van der Waals surface area contributed by atoms with Gasteiger partial charge >= 0.3 is 0 Å². The van der Waals surface area contributed by atoms with Crippen LogP contribution in [0, 0.1) is 0 Å². The highest BCUT2D eigenvalue weighted by Gasteiger charge is 2.38. The van der Waals surface area contributed by atoms with Crippen LogP contribution in [0.3, 0.4) is 0 Å². The van der Waals surface area contributed by atoms with Crippen LogP contribution in [-0.2, 0) is 26.1 Å². The summed E-state index contributed by atoms with van der Waals surface area (Å²) in [5.41, 5.74) is 2.05. The van der Waals surface area contributed by atoms with Crippen LogP contribution in [0.25, 0.3) is 0 Å². The molecule has 0 bridgehead atoms. The molecular formula is C29H42N2O5S. The zero-order valence-corrected chi connectivity index (χ0v) is 23.3. The maximum Gasteiger partial charge on any atom is 0.247 e. The van der Waals surface area contributed by atoms with E-state index >= 15 is 0 Å². The molecule has 0 saturated carbocycles. The van der Waals surface area contributed by atoms with Gasteiger partial charge in [-0.15, -0.1) is 0 Å². The first kappa shape index (κ1) is 27.9. The number of ether oxygens (including phenoxy) is 3. The number of fused-ring (bicyclic) bond motifs is 1. The molecule has 0 radical (unpaired) electrons. The molecule has 0 unspecified atom stereocenters. The van der Waals surface area contributed by atoms with Crippen molar-refractivity contribution in [3.05, 3.63) is 54.1 Å². The predicted molar refractivity (Wildman–Crippen MR) is 147 cm³/mol. The van der Waals surface area contributed by atoms with E-state index in [-0.39, 0.29) is 23.5 Å². The third-order valence-corrected chi connectivity index (χ3v) is 9.41. The van der Waals surface area contributed by atoms with Crippen molar-refractivity contribution in [1.29, 1.82) is 0 Å². The number of methoxy groups -OCH3 is 1. The van der Waals surface area contributed by atoms with Crippen LogP contribution >= 0.6 is 0 Å². The van der Waals surface area contributed by atoms with E-state index in [0.29, 0.717) is 25.6 Å². The van der Waals surface area contributed by atoms with Crippen LogP contribution in [-0.4, -0.2) is 64.3 Å². The second kappa shape index (κ2) is 13.1. The van der Waals surface area contributed by atoms with Crippen LogP contribution in [0.15, 0.2) is 53.4 Å². The number of unbranched alkanes of at least 4 members (excludes halogenated alkanes) is 2. The molecule has 2 heterocycles. The van der Waals surface area contributed by atoms with Gasteiger partial charge in [0.05, 0.1) is 32.4 Å². The molecule has 2 aliphatic heterocycles. The highest BCUT2D eigenvalue weighted by Crippen LogP contribution is 2.37. The van der Waals surface area contributed by atoms with Crippen molar-refractivity contribution in [2.45, 2.75) is 82.1 Å². The lowest BCUT2D eigenvalue weighted by molar-refractivity contribution is 0.0310. The average Bonchev–Trinajstić information content (AvgIpc) is 3.32. The Kier molecular flexibility index (Phi) is 9.87. The normalized spacial score (nSPS) is 22.3. The summed E-state index contributed by atoms with van der Waals surface area (Å²) in [4.78, 5) is 2.54. The van der Waals surface area contributed by atoms with Crippen molar-refractivity contribution in [2.75, 3.05) is 38.3 Å². The van der Waals surface area contributed by atoms with Gasteiger partial charge in [-0.3, -0.25) is 0 Å². The molecule has 0 amide bonds. The van der Waals surface area contributed by atoms with Crippen LogP contribution in [0.2, 0.25) is 0 Å². The van der Waals surface area contributed by atoms with Gasteiger partial charge in [-0.2, -0.15) is 4.31 Å². The largest absolute Gasteiger partial charge is 0.485 e. The zero-order valence-electron chi connectivity index (χ0n) is 22.5. The molecule has 0 spiro atoms. The SMILES string of the molecule is CCCCC[C@H](C)N1C[C@H](COCc2ccccc2)Oc2cc(N3CCC[C@H]3COC)ccc2S1(=O)=O. The summed E-state index contributed by atoms with van der Waals surface area (Å²) in [6.07, 6.45) is 5.76. The highest BCUT2D eigenvalue weighted by molar-refractivity contribution is 7.89. The van der Waals surface area contributed by atoms with Gasteiger partial charge in [0.1, 0.15) is 16.7 Å². The van der Waals surface area contributed by atoms with Gasteiger partial charge < -0.3 is 19.1 Å². The Bertz CT molecular complexity index is 1090. The molecule has 2 aliphatic rings. The molecule has 37 heavy (non-hydrogen) atoms. The van der Waals surface area contributed by atoms with Gasteiger partial charge in [-0.05, 0) is 43.9 Å². The van der Waals surface area contributed by atoms with Gasteiger partial charge in [-0.1, -0.05) is 56.5 Å². The maximum absolute atomic E-state index is 13.9. The van der Waals surface area contributed by atoms with Gasteiger partial charge in [0, 0.05) is 31.5 Å². The monoisotopic (exact) mass is 530 g/mol. The van der Waals surface area contributed by atoms with Gasteiger partial charge in [0.2, 0.25) is 10.0 Å². The van der Waals surface area contributed by atoms with Gasteiger partial charge in [0.25, 0.3) is 0 Å². The van der Waals surface area contributed by atoms with E-state index in [2.05, 4.69) is 11.8 Å². The van der Waals surface area contributed by atoms with E-state index in [1.807, 2.05) is 49.4 Å². The first-order chi connectivity index (χ1) is 17.9. The summed E-state index contributed by atoms with van der Waals surface area (Å²) in [5, 5.41) is 0. The lowest BCUT2D eigenvalue weighted by atomic mass is 10.1. The summed E-state index contributed by atoms with van der Waals surface area (Å²) >= 11 is 0. The van der Waals surface area contributed by atoms with Crippen molar-refractivity contribution in [3.8, 4) is 5.75 Å². The van der Waals surface area contributed by atoms with Crippen LogP contribution in [0.4, 0.5) is 5.69 Å². The lowest BCUT2D eigenvalue weighted by Gasteiger charge is -2.28. The molecule has 0 N–H and O–H groups in total. The molecular weight excluding hydrogens is 488 g/mol. The van der Waals surface area contributed by atoms with Crippen molar-refractivity contribution >= 4 is 15.7 Å². The predicted octanol–water partition coefficient (Wildman–Crippen LogP) is 5.24. The third kappa shape index (κ3) is 6.85. The molecule has 2 aromatic carbocycles. The van der Waals surface area contributed by atoms with Crippen molar-refractivity contribution in [3.63, 3.8) is 0 Å². The number of hydrogen-bond acceptors (Lipinski definition) is 6. The highest BCUT2D eigenvalue weighted by atomic mass is 32.2. The summed E-state index contributed by atoms with van der Waals surface area (Å²) in [5.74, 6) is 0.414. The summed E-state index contributed by atoms with van der Waals surface area (Å²) in [7, 11) is -2.00. The minimum absolute atomic E-state index is 0.118. The van der Waals surface area contributed by atoms with E-state index in [1.54, 1.807) is 17.5 Å². The van der Waals surface area contributed by atoms with E-state index in [0.717, 1.165) is 56.3 Å². The van der Waals surface area contributed by atoms with E-state index < -0.39 is 16.1 Å². The fourth-order valence-corrected chi connectivity index (χ4v) is 7.18. The molecule has 2 aromatic rings. The number of benzene rings is 2. The smallest absolute Gasteiger partial charge is 0.247 e. The second-order valence-corrected chi connectivity index (χ2v) is 12.1. The molecule has 0 aromatic heterocycles. The van der Waals surface area contributed by atoms with Crippen LogP contribution in [0.1, 0.15) is 57.9 Å². The molecule has 8 heteroatoms. The molecule has 204 valence electrons. The number of sulfonamides is 1. The Balaban J connectivity index is 1.60. The van der Waals surface area contributed by atoms with E-state index in [9.17, 15) is 8.42 Å². The van der Waals surface area contributed by atoms with Gasteiger partial charge in [0.15, 0.2) is 0 Å². The van der Waals surface area contributed by atoms with E-state index in [4.69, 9.17) is 14.2 Å². The first-order valence-corrected chi connectivity index (χ1v) is 15.1. The number of nitrogens with zero attached hydrogens (tertiary/aromatic N) is 2. The third-order valence-electron chi connectivity index (χ3n) is 7.39. The fraction of sp³-hybridized carbons (Fsp3) is 0.586. The molecule has 3 atom stereocenters. The standard InChI is InChI=1S/C29H42N2O5S/c1-4-5-7-11-23(2)31-19-27(22-35-20-24-12-8-6-9-13-24)36-28-18-25(15-16-29(28)37(31,32)33)30-17-10-14-26(30)21-34-3/h6,8-9,12-13,15-16,18,23,26-27H,4-5,7,10-11,14,17,19-22H2,1-3H3/t23-,26-,27+/m0/s1. The fourth-order valence-electron chi connectivity index (χ4n) is 5.38. The Labute approximate surface area is 222 Å². The van der Waals surface area contributed by atoms with Crippen molar-refractivity contribution in [1.82, 2.24) is 4.31 Å². The zero-order chi connectivity index (χ0) is 26.3. The van der Waals surface area contributed by atoms with Gasteiger partial charge in [-0.25, -0.2) is 8.42 Å². The Hall–Kier alpha value is -2.13. The average molecular weight is 531 g/mol. The molecule has 1 fully saturated rings. The first-order valence-electron chi connectivity index (χ1n) is 13.6. The number of rotatable bonds is 12. The maximum atomic E-state index is 13.9. The minimum Gasteiger partial charge on any atom is -0.485 e. The lowest BCUT2D eigenvalue weighted by Crippen LogP contribution is -2.44. The quantitative estimate of drug-likeness (QED) is 0.350.